The van der Waals surface area contributed by atoms with Crippen LogP contribution in [0.25, 0.3) is 0 Å². The number of nitrogens with one attached hydrogen (secondary N) is 1. The van der Waals surface area contributed by atoms with Gasteiger partial charge in [-0.25, -0.2) is 10.1 Å². The van der Waals surface area contributed by atoms with Crippen LogP contribution in [0.1, 0.15) is 0 Å². The summed E-state index contributed by atoms with van der Waals surface area (Å²) in [5, 5.41) is 9.83. The zero-order valence-electron chi connectivity index (χ0n) is 3.87. The minimum atomic E-state index is -0.128. The van der Waals surface area contributed by atoms with Crippen molar-refractivity contribution in [2.75, 3.05) is 0 Å². The Morgan fingerprint density at radius 1 is 2.00 bits per heavy atom. The third-order valence-corrected chi connectivity index (χ3v) is 0.591. The minimum Gasteiger partial charge on any atom is -0.486 e. The van der Waals surface area contributed by atoms with Crippen molar-refractivity contribution < 1.29 is 14.0 Å². The van der Waals surface area contributed by atoms with Gasteiger partial charge in [-0.15, -0.1) is 0 Å². The van der Waals surface area contributed by atoms with Gasteiger partial charge in [0.1, 0.15) is 0 Å². The highest BCUT2D eigenvalue weighted by Crippen LogP contribution is 1.47. The van der Waals surface area contributed by atoms with E-state index in [1.165, 1.54) is 0 Å². The predicted octanol–water partition coefficient (Wildman–Crippen LogP) is -1.96. The molecule has 0 bridgehead atoms. The van der Waals surface area contributed by atoms with E-state index in [1.54, 1.807) is 0 Å². The quantitative estimate of drug-likeness (QED) is 0.339. The molecular formula is C3H3N3O2. The van der Waals surface area contributed by atoms with E-state index >= 15 is 0 Å². The normalized spacial score (nSPS) is 9.00. The lowest BCUT2D eigenvalue weighted by molar-refractivity contribution is -0.637. The summed E-state index contributed by atoms with van der Waals surface area (Å²) in [7, 11) is 0. The van der Waals surface area contributed by atoms with Gasteiger partial charge in [0, 0.05) is 0 Å². The fourth-order valence-electron chi connectivity index (χ4n) is 0.308. The van der Waals surface area contributed by atoms with Crippen LogP contribution in [0.3, 0.4) is 0 Å². The van der Waals surface area contributed by atoms with E-state index in [0.717, 1.165) is 10.9 Å². The molecule has 1 heterocycles. The van der Waals surface area contributed by atoms with Gasteiger partial charge in [-0.3, -0.25) is 5.41 Å². The topological polar surface area (TPSA) is 72.0 Å². The van der Waals surface area contributed by atoms with Crippen molar-refractivity contribution in [1.82, 2.24) is 5.27 Å². The fraction of sp³-hybridized carbons (Fsp3) is 0. The summed E-state index contributed by atoms with van der Waals surface area (Å²) in [6.07, 6.45) is 1.61. The molecule has 0 aromatic carbocycles. The Kier molecular flexibility index (Phi) is 0.957. The standard InChI is InChI=1S/C3H3N3O2/c4-3-1-6(2-7)5-8-3/h1-2,4H. The Labute approximate surface area is 44.0 Å². The SMILES string of the molecule is N=c1c[n+](C=O)[n-]o1. The summed E-state index contributed by atoms with van der Waals surface area (Å²) >= 11 is 0. The second-order valence-corrected chi connectivity index (χ2v) is 1.15. The van der Waals surface area contributed by atoms with Crippen LogP contribution >= 0.6 is 0 Å². The summed E-state index contributed by atoms with van der Waals surface area (Å²) in [5.41, 5.74) is -0.128. The van der Waals surface area contributed by atoms with Crippen molar-refractivity contribution in [3.63, 3.8) is 0 Å². The van der Waals surface area contributed by atoms with E-state index in [-0.39, 0.29) is 5.55 Å². The van der Waals surface area contributed by atoms with Gasteiger partial charge < -0.3 is 4.52 Å². The molecule has 1 rings (SSSR count). The fourth-order valence-corrected chi connectivity index (χ4v) is 0.308. The van der Waals surface area contributed by atoms with Crippen LogP contribution in [0.5, 0.6) is 0 Å². The van der Waals surface area contributed by atoms with Crippen LogP contribution in [0.2, 0.25) is 0 Å². The molecule has 0 atom stereocenters. The van der Waals surface area contributed by atoms with E-state index in [1.807, 2.05) is 0 Å². The molecule has 0 aliphatic rings. The Bertz CT molecular complexity index is 235. The molecule has 5 nitrogen and oxygen atoms in total. The number of nitrogens with zero attached hydrogens (tertiary/aromatic N) is 2. The van der Waals surface area contributed by atoms with Gasteiger partial charge in [-0.2, -0.15) is 4.68 Å². The van der Waals surface area contributed by atoms with Gasteiger partial charge in [-0.05, 0) is 0 Å². The molecule has 1 aromatic rings. The molecular weight excluding hydrogens is 110 g/mol. The zero-order chi connectivity index (χ0) is 5.98. The number of aromatic nitrogens is 2. The van der Waals surface area contributed by atoms with Crippen molar-refractivity contribution >= 4 is 6.41 Å². The van der Waals surface area contributed by atoms with Gasteiger partial charge >= 0.3 is 6.41 Å². The minimum absolute atomic E-state index is 0.128. The van der Waals surface area contributed by atoms with Gasteiger partial charge in [0.05, 0.1) is 0 Å². The van der Waals surface area contributed by atoms with Crippen molar-refractivity contribution in [3.8, 4) is 0 Å². The smallest absolute Gasteiger partial charge is 0.373 e. The van der Waals surface area contributed by atoms with Crippen LogP contribution in [0.4, 0.5) is 0 Å². The third kappa shape index (κ3) is 0.651. The summed E-state index contributed by atoms with van der Waals surface area (Å²) in [6.45, 7) is 0. The van der Waals surface area contributed by atoms with E-state index in [4.69, 9.17) is 5.41 Å². The average molecular weight is 113 g/mol. The largest absolute Gasteiger partial charge is 0.486 e. The molecule has 0 amide bonds. The van der Waals surface area contributed by atoms with Crippen molar-refractivity contribution in [1.29, 1.82) is 5.41 Å². The molecule has 42 valence electrons. The lowest BCUT2D eigenvalue weighted by Gasteiger charge is -1.76. The van der Waals surface area contributed by atoms with Gasteiger partial charge in [0.2, 0.25) is 6.20 Å². The van der Waals surface area contributed by atoms with Crippen LogP contribution in [-0.4, -0.2) is 6.41 Å². The average Bonchev–Trinajstić information content (AvgIpc) is 2.14. The first-order chi connectivity index (χ1) is 3.83. The monoisotopic (exact) mass is 113 g/mol. The highest BCUT2D eigenvalue weighted by atomic mass is 16.5. The molecule has 0 saturated heterocycles. The van der Waals surface area contributed by atoms with Crippen molar-refractivity contribution in [2.24, 2.45) is 0 Å². The lowest BCUT2D eigenvalue weighted by Crippen LogP contribution is -2.36. The third-order valence-electron chi connectivity index (χ3n) is 0.591. The molecule has 8 heavy (non-hydrogen) atoms. The summed E-state index contributed by atoms with van der Waals surface area (Å²) in [6, 6.07) is 0. The molecule has 1 aromatic heterocycles. The maximum atomic E-state index is 9.78. The summed E-state index contributed by atoms with van der Waals surface area (Å²) in [5.74, 6) is 0. The van der Waals surface area contributed by atoms with E-state index in [0.29, 0.717) is 6.41 Å². The van der Waals surface area contributed by atoms with Crippen LogP contribution < -0.4 is 15.5 Å². The van der Waals surface area contributed by atoms with Gasteiger partial charge in [0.25, 0.3) is 5.55 Å². The second-order valence-electron chi connectivity index (χ2n) is 1.15. The first-order valence-electron chi connectivity index (χ1n) is 1.88. The molecule has 0 radical (unpaired) electrons. The first-order valence-corrected chi connectivity index (χ1v) is 1.88. The highest BCUT2D eigenvalue weighted by molar-refractivity contribution is 5.33. The van der Waals surface area contributed by atoms with Gasteiger partial charge in [0.15, 0.2) is 0 Å². The number of hydrogen-bond donors (Lipinski definition) is 1. The molecule has 1 N–H and O–H groups in total. The lowest BCUT2D eigenvalue weighted by atomic mass is 10.9. The highest BCUT2D eigenvalue weighted by Gasteiger charge is 1.86. The molecule has 0 fully saturated rings. The molecule has 0 saturated carbocycles. The Morgan fingerprint density at radius 3 is 3.00 bits per heavy atom. The number of hydrogen-bond acceptors (Lipinski definition) is 3. The number of carbonyl (C=O) groups is 1. The molecule has 5 heteroatoms. The van der Waals surface area contributed by atoms with Gasteiger partial charge in [-0.1, -0.05) is 0 Å². The van der Waals surface area contributed by atoms with E-state index in [2.05, 4.69) is 9.79 Å². The van der Waals surface area contributed by atoms with E-state index in [9.17, 15) is 4.79 Å². The Morgan fingerprint density at radius 2 is 2.75 bits per heavy atom. The zero-order valence-corrected chi connectivity index (χ0v) is 3.87. The molecule has 0 aliphatic carbocycles. The maximum Gasteiger partial charge on any atom is 0.373 e. The summed E-state index contributed by atoms with van der Waals surface area (Å²) < 4.78 is 5.08. The summed E-state index contributed by atoms with van der Waals surface area (Å²) in [4.78, 5) is 9.78. The number of carbonyl (C=O) groups excluding carboxylic acids is 1. The van der Waals surface area contributed by atoms with E-state index < -0.39 is 0 Å². The van der Waals surface area contributed by atoms with Crippen LogP contribution in [0, 0.1) is 5.41 Å². The molecule has 0 unspecified atom stereocenters. The van der Waals surface area contributed by atoms with Crippen molar-refractivity contribution in [3.05, 3.63) is 11.8 Å². The van der Waals surface area contributed by atoms with Crippen LogP contribution in [-0.2, 0) is 4.79 Å². The van der Waals surface area contributed by atoms with Crippen molar-refractivity contribution in [2.45, 2.75) is 0 Å². The molecule has 0 spiro atoms. The van der Waals surface area contributed by atoms with Crippen LogP contribution in [0.15, 0.2) is 10.7 Å². The molecule has 0 aliphatic heterocycles. The first kappa shape index (κ1) is 4.76. The number of rotatable bonds is 1. The maximum absolute atomic E-state index is 9.78. The second kappa shape index (κ2) is 1.61. The Hall–Kier alpha value is -1.39. The Balaban J connectivity index is 3.18. The predicted molar refractivity (Wildman–Crippen MR) is 20.2 cm³/mol.